The van der Waals surface area contributed by atoms with Crippen LogP contribution < -0.4 is 0 Å². The molecule has 144 valence electrons. The summed E-state index contributed by atoms with van der Waals surface area (Å²) in [5, 5.41) is 9.08. The van der Waals surface area contributed by atoms with Gasteiger partial charge < -0.3 is 14.7 Å². The van der Waals surface area contributed by atoms with Gasteiger partial charge in [-0.3, -0.25) is 4.79 Å². The second-order valence-corrected chi connectivity index (χ2v) is 7.48. The summed E-state index contributed by atoms with van der Waals surface area (Å²) in [4.78, 5) is 27.0. The summed E-state index contributed by atoms with van der Waals surface area (Å²) < 4.78 is 5.39. The summed E-state index contributed by atoms with van der Waals surface area (Å²) in [6.07, 6.45) is -0.905. The largest absolute Gasteiger partial charge is 0.449 e. The van der Waals surface area contributed by atoms with Crippen molar-refractivity contribution < 1.29 is 19.4 Å². The smallest absolute Gasteiger partial charge is 0.338 e. The zero-order valence-corrected chi connectivity index (χ0v) is 16.3. The van der Waals surface area contributed by atoms with Gasteiger partial charge in [0.05, 0.1) is 12.2 Å². The molecule has 0 fully saturated rings. The number of carbonyl (C=O) groups is 2. The maximum atomic E-state index is 13.0. The van der Waals surface area contributed by atoms with E-state index in [-0.39, 0.29) is 12.5 Å². The molecule has 1 amide bonds. The Labute approximate surface area is 160 Å². The molecule has 5 heteroatoms. The molecule has 1 N–H and O–H groups in total. The van der Waals surface area contributed by atoms with Crippen molar-refractivity contribution in [2.24, 2.45) is 0 Å². The van der Waals surface area contributed by atoms with Gasteiger partial charge in [0.15, 0.2) is 6.10 Å². The number of amides is 1. The van der Waals surface area contributed by atoms with Crippen LogP contribution in [0.1, 0.15) is 49.2 Å². The van der Waals surface area contributed by atoms with Crippen LogP contribution in [-0.4, -0.2) is 33.5 Å². The number of aliphatic hydroxyl groups excluding tert-OH is 1. The molecule has 0 aliphatic carbocycles. The van der Waals surface area contributed by atoms with Crippen molar-refractivity contribution in [1.82, 2.24) is 4.90 Å². The highest BCUT2D eigenvalue weighted by Gasteiger charge is 2.31. The highest BCUT2D eigenvalue weighted by atomic mass is 16.5. The fraction of sp³-hybridized carbons (Fsp3) is 0.364. The summed E-state index contributed by atoms with van der Waals surface area (Å²) in [5.41, 5.74) is 1.64. The molecule has 0 spiro atoms. The molecule has 0 aliphatic rings. The number of rotatable bonds is 6. The predicted molar refractivity (Wildman–Crippen MR) is 104 cm³/mol. The van der Waals surface area contributed by atoms with Gasteiger partial charge in [-0.25, -0.2) is 4.79 Å². The van der Waals surface area contributed by atoms with Crippen molar-refractivity contribution in [2.45, 2.75) is 52.5 Å². The van der Waals surface area contributed by atoms with E-state index in [0.717, 1.165) is 5.56 Å². The molecule has 5 nitrogen and oxygen atoms in total. The van der Waals surface area contributed by atoms with Gasteiger partial charge >= 0.3 is 5.97 Å². The monoisotopic (exact) mass is 369 g/mol. The third-order valence-electron chi connectivity index (χ3n) is 4.26. The molecule has 0 heterocycles. The normalized spacial score (nSPS) is 12.3. The molecule has 0 unspecified atom stereocenters. The molecule has 2 aromatic rings. The maximum absolute atomic E-state index is 13.0. The van der Waals surface area contributed by atoms with Crippen LogP contribution in [-0.2, 0) is 22.7 Å². The predicted octanol–water partition coefficient (Wildman–Crippen LogP) is 3.55. The number of ether oxygens (including phenoxy) is 1. The summed E-state index contributed by atoms with van der Waals surface area (Å²) >= 11 is 0. The Morgan fingerprint density at radius 1 is 1.00 bits per heavy atom. The standard InChI is InChI=1S/C22H27NO4/c1-16(27-21(26)19-12-10-18(15-24)11-13-19)20(25)23(22(2,3)4)14-17-8-6-5-7-9-17/h5-13,16,24H,14-15H2,1-4H3/t16-/m0/s1. The summed E-state index contributed by atoms with van der Waals surface area (Å²) in [6, 6.07) is 16.2. The van der Waals surface area contributed by atoms with E-state index in [1.54, 1.807) is 36.1 Å². The topological polar surface area (TPSA) is 66.8 Å². The molecule has 1 atom stereocenters. The quantitative estimate of drug-likeness (QED) is 0.791. The fourth-order valence-electron chi connectivity index (χ4n) is 2.66. The molecule has 0 bridgehead atoms. The first-order valence-electron chi connectivity index (χ1n) is 8.98. The molecule has 0 saturated heterocycles. The lowest BCUT2D eigenvalue weighted by Gasteiger charge is -2.37. The second kappa shape index (κ2) is 8.82. The van der Waals surface area contributed by atoms with E-state index >= 15 is 0 Å². The van der Waals surface area contributed by atoms with Crippen LogP contribution in [0.2, 0.25) is 0 Å². The number of aliphatic hydroxyl groups is 1. The number of benzene rings is 2. The Kier molecular flexibility index (Phi) is 6.75. The lowest BCUT2D eigenvalue weighted by molar-refractivity contribution is -0.145. The molecule has 0 aliphatic heterocycles. The van der Waals surface area contributed by atoms with E-state index in [0.29, 0.717) is 17.7 Å². The number of esters is 1. The first-order chi connectivity index (χ1) is 12.7. The Hall–Kier alpha value is -2.66. The van der Waals surface area contributed by atoms with Crippen molar-refractivity contribution in [3.05, 3.63) is 71.3 Å². The summed E-state index contributed by atoms with van der Waals surface area (Å²) in [7, 11) is 0. The Balaban J connectivity index is 2.10. The maximum Gasteiger partial charge on any atom is 0.338 e. The lowest BCUT2D eigenvalue weighted by atomic mass is 10.0. The van der Waals surface area contributed by atoms with Gasteiger partial charge in [0.2, 0.25) is 0 Å². The van der Waals surface area contributed by atoms with Crippen LogP contribution in [0.4, 0.5) is 0 Å². The SMILES string of the molecule is C[C@H](OC(=O)c1ccc(CO)cc1)C(=O)N(Cc1ccccc1)C(C)(C)C. The molecule has 0 saturated carbocycles. The van der Waals surface area contributed by atoms with Crippen molar-refractivity contribution in [3.63, 3.8) is 0 Å². The van der Waals surface area contributed by atoms with Crippen molar-refractivity contribution in [3.8, 4) is 0 Å². The number of carbonyl (C=O) groups excluding carboxylic acids is 2. The van der Waals surface area contributed by atoms with E-state index in [4.69, 9.17) is 9.84 Å². The molecular formula is C22H27NO4. The molecule has 2 rings (SSSR count). The van der Waals surface area contributed by atoms with Gasteiger partial charge in [0.1, 0.15) is 0 Å². The van der Waals surface area contributed by atoms with Crippen LogP contribution in [0.3, 0.4) is 0 Å². The Bertz CT molecular complexity index is 763. The van der Waals surface area contributed by atoms with Gasteiger partial charge in [-0.1, -0.05) is 42.5 Å². The molecule has 27 heavy (non-hydrogen) atoms. The second-order valence-electron chi connectivity index (χ2n) is 7.48. The van der Waals surface area contributed by atoms with Crippen molar-refractivity contribution in [1.29, 1.82) is 0 Å². The number of hydrogen-bond acceptors (Lipinski definition) is 4. The van der Waals surface area contributed by atoms with Crippen LogP contribution in [0.25, 0.3) is 0 Å². The lowest BCUT2D eigenvalue weighted by Crippen LogP contribution is -2.49. The molecule has 0 radical (unpaired) electrons. The minimum Gasteiger partial charge on any atom is -0.449 e. The zero-order chi connectivity index (χ0) is 20.0. The third-order valence-corrected chi connectivity index (χ3v) is 4.26. The zero-order valence-electron chi connectivity index (χ0n) is 16.3. The summed E-state index contributed by atoms with van der Waals surface area (Å²) in [6.45, 7) is 7.80. The van der Waals surface area contributed by atoms with E-state index in [2.05, 4.69) is 0 Å². The third kappa shape index (κ3) is 5.66. The van der Waals surface area contributed by atoms with Crippen molar-refractivity contribution in [2.75, 3.05) is 0 Å². The summed E-state index contributed by atoms with van der Waals surface area (Å²) in [5.74, 6) is -0.805. The molecule has 2 aromatic carbocycles. The van der Waals surface area contributed by atoms with Gasteiger partial charge in [-0.05, 0) is 51.0 Å². The van der Waals surface area contributed by atoms with E-state index in [9.17, 15) is 9.59 Å². The van der Waals surface area contributed by atoms with Crippen LogP contribution in [0, 0.1) is 0 Å². The number of hydrogen-bond donors (Lipinski definition) is 1. The van der Waals surface area contributed by atoms with Crippen molar-refractivity contribution >= 4 is 11.9 Å². The van der Waals surface area contributed by atoms with Crippen LogP contribution in [0.15, 0.2) is 54.6 Å². The van der Waals surface area contributed by atoms with Gasteiger partial charge in [0, 0.05) is 12.1 Å². The number of nitrogens with zero attached hydrogens (tertiary/aromatic N) is 1. The fourth-order valence-corrected chi connectivity index (χ4v) is 2.66. The average Bonchev–Trinajstić information content (AvgIpc) is 2.65. The first kappa shape index (κ1) is 20.6. The van der Waals surface area contributed by atoms with E-state index in [1.807, 2.05) is 51.1 Å². The Morgan fingerprint density at radius 2 is 1.59 bits per heavy atom. The van der Waals surface area contributed by atoms with Gasteiger partial charge in [-0.2, -0.15) is 0 Å². The minimum atomic E-state index is -0.905. The highest BCUT2D eigenvalue weighted by molar-refractivity contribution is 5.92. The minimum absolute atomic E-state index is 0.0930. The van der Waals surface area contributed by atoms with Gasteiger partial charge in [-0.15, -0.1) is 0 Å². The molecular weight excluding hydrogens is 342 g/mol. The van der Waals surface area contributed by atoms with Gasteiger partial charge in [0.25, 0.3) is 5.91 Å². The first-order valence-corrected chi connectivity index (χ1v) is 8.98. The highest BCUT2D eigenvalue weighted by Crippen LogP contribution is 2.20. The van der Waals surface area contributed by atoms with E-state index < -0.39 is 17.6 Å². The van der Waals surface area contributed by atoms with Crippen LogP contribution in [0.5, 0.6) is 0 Å². The average molecular weight is 369 g/mol. The van der Waals surface area contributed by atoms with E-state index in [1.165, 1.54) is 0 Å². The molecule has 0 aromatic heterocycles. The van der Waals surface area contributed by atoms with Crippen LogP contribution >= 0.6 is 0 Å². The Morgan fingerprint density at radius 3 is 2.11 bits per heavy atom.